The highest BCUT2D eigenvalue weighted by Crippen LogP contribution is 2.53. The molecule has 2 aliphatic heterocycles. The molecular formula is C31H44N2O2. The lowest BCUT2D eigenvalue weighted by Crippen LogP contribution is -2.45. The van der Waals surface area contributed by atoms with Crippen LogP contribution < -0.4 is 4.74 Å². The van der Waals surface area contributed by atoms with Gasteiger partial charge in [-0.1, -0.05) is 37.5 Å². The van der Waals surface area contributed by atoms with E-state index in [1.54, 1.807) is 0 Å². The number of fused-ring (bicyclic) bond motifs is 3. The summed E-state index contributed by atoms with van der Waals surface area (Å²) in [5.41, 5.74) is 4.82. The lowest BCUT2D eigenvalue weighted by molar-refractivity contribution is 0.0107. The van der Waals surface area contributed by atoms with E-state index >= 15 is 0 Å². The van der Waals surface area contributed by atoms with Crippen molar-refractivity contribution in [3.8, 4) is 11.5 Å². The van der Waals surface area contributed by atoms with Gasteiger partial charge in [-0.3, -0.25) is 9.88 Å². The molecule has 35 heavy (non-hydrogen) atoms. The standard InChI is InChI=1S/C21H30O2.C10H14N2/c1-5-6-7-8-15-12-18(22)20-16-11-14(2)9-10-17(16)21(3,4)23-19(20)13-15;1-12-7-3-5-10(12)9-4-2-6-11-8-9/h11-13,16-17,22H,5-10H2,1-4H3;2,4,6,8,10H,3,5,7H2,1H3/t16-,17-;10-/m10/s1. The molecular weight excluding hydrogens is 432 g/mol. The zero-order valence-electron chi connectivity index (χ0n) is 22.4. The van der Waals surface area contributed by atoms with Crippen molar-refractivity contribution in [2.24, 2.45) is 5.92 Å². The van der Waals surface area contributed by atoms with Crippen molar-refractivity contribution >= 4 is 0 Å². The number of phenolic OH excluding ortho intramolecular Hbond substituents is 1. The SMILES string of the molecule is CCCCCc1cc(O)c2c(c1)OC(C)(C)[C@@H]1CCC(C)=C[C@@H]21.CN1CCC[C@H]1c1cccnc1. The molecule has 0 unspecified atom stereocenters. The maximum Gasteiger partial charge on any atom is 0.127 e. The van der Waals surface area contributed by atoms with E-state index in [1.807, 2.05) is 24.5 Å². The summed E-state index contributed by atoms with van der Waals surface area (Å²) in [7, 11) is 2.19. The molecule has 0 bridgehead atoms. The summed E-state index contributed by atoms with van der Waals surface area (Å²) in [5, 5.41) is 10.7. The number of hydrogen-bond acceptors (Lipinski definition) is 4. The number of nitrogens with zero attached hydrogens (tertiary/aromatic N) is 2. The summed E-state index contributed by atoms with van der Waals surface area (Å²) in [5.74, 6) is 2.04. The summed E-state index contributed by atoms with van der Waals surface area (Å²) in [6.07, 6.45) is 15.7. The van der Waals surface area contributed by atoms with Gasteiger partial charge in [-0.05, 0) is 102 Å². The van der Waals surface area contributed by atoms with Gasteiger partial charge in [0.2, 0.25) is 0 Å². The molecule has 1 aromatic carbocycles. The van der Waals surface area contributed by atoms with Crippen LogP contribution in [-0.4, -0.2) is 34.2 Å². The molecule has 3 aliphatic rings. The number of aromatic nitrogens is 1. The highest BCUT2D eigenvalue weighted by molar-refractivity contribution is 5.54. The van der Waals surface area contributed by atoms with Gasteiger partial charge >= 0.3 is 0 Å². The second-order valence-corrected chi connectivity index (χ2v) is 11.3. The molecule has 1 aliphatic carbocycles. The molecule has 1 aromatic heterocycles. The van der Waals surface area contributed by atoms with Crippen LogP contribution in [0.1, 0.15) is 101 Å². The maximum absolute atomic E-state index is 10.7. The second kappa shape index (κ2) is 11.2. The molecule has 0 saturated carbocycles. The lowest BCUT2D eigenvalue weighted by atomic mass is 9.68. The van der Waals surface area contributed by atoms with Gasteiger partial charge < -0.3 is 9.84 Å². The molecule has 1 fully saturated rings. The molecule has 0 radical (unpaired) electrons. The van der Waals surface area contributed by atoms with Crippen molar-refractivity contribution in [2.45, 2.75) is 96.6 Å². The number of hydrogen-bond donors (Lipinski definition) is 1. The van der Waals surface area contributed by atoms with Gasteiger partial charge in [-0.2, -0.15) is 0 Å². The molecule has 5 rings (SSSR count). The third kappa shape index (κ3) is 5.91. The fourth-order valence-electron chi connectivity index (χ4n) is 6.21. The Morgan fingerprint density at radius 3 is 2.71 bits per heavy atom. The molecule has 3 atom stereocenters. The highest BCUT2D eigenvalue weighted by Gasteiger charge is 2.45. The predicted octanol–water partition coefficient (Wildman–Crippen LogP) is 7.58. The summed E-state index contributed by atoms with van der Waals surface area (Å²) in [6.45, 7) is 10.0. The van der Waals surface area contributed by atoms with Gasteiger partial charge in [0.1, 0.15) is 17.1 Å². The number of likely N-dealkylation sites (tertiary alicyclic amines) is 1. The van der Waals surface area contributed by atoms with Crippen molar-refractivity contribution in [2.75, 3.05) is 13.6 Å². The minimum absolute atomic E-state index is 0.177. The van der Waals surface area contributed by atoms with E-state index in [0.717, 1.165) is 30.6 Å². The Balaban J connectivity index is 0.000000201. The molecule has 1 saturated heterocycles. The molecule has 2 aromatic rings. The number of allylic oxidation sites excluding steroid dienone is 2. The fraction of sp³-hybridized carbons (Fsp3) is 0.581. The van der Waals surface area contributed by atoms with E-state index in [4.69, 9.17) is 4.74 Å². The first-order valence-electron chi connectivity index (χ1n) is 13.6. The van der Waals surface area contributed by atoms with E-state index in [2.05, 4.69) is 62.8 Å². The number of benzene rings is 1. The van der Waals surface area contributed by atoms with Crippen molar-refractivity contribution < 1.29 is 9.84 Å². The van der Waals surface area contributed by atoms with Crippen LogP contribution in [-0.2, 0) is 6.42 Å². The number of ether oxygens (including phenoxy) is 1. The van der Waals surface area contributed by atoms with Crippen molar-refractivity contribution in [3.05, 3.63) is 65.0 Å². The fourth-order valence-corrected chi connectivity index (χ4v) is 6.21. The third-order valence-corrected chi connectivity index (χ3v) is 8.19. The Hall–Kier alpha value is -2.33. The molecule has 0 amide bonds. The molecule has 1 N–H and O–H groups in total. The molecule has 3 heterocycles. The maximum atomic E-state index is 10.7. The van der Waals surface area contributed by atoms with E-state index in [1.165, 1.54) is 55.3 Å². The Kier molecular flexibility index (Phi) is 8.21. The third-order valence-electron chi connectivity index (χ3n) is 8.19. The number of rotatable bonds is 5. The van der Waals surface area contributed by atoms with Crippen molar-refractivity contribution in [1.29, 1.82) is 0 Å². The zero-order valence-corrected chi connectivity index (χ0v) is 22.4. The Morgan fingerprint density at radius 1 is 1.20 bits per heavy atom. The van der Waals surface area contributed by atoms with Gasteiger partial charge in [-0.15, -0.1) is 0 Å². The quantitative estimate of drug-likeness (QED) is 0.357. The van der Waals surface area contributed by atoms with Crippen LogP contribution in [0.4, 0.5) is 0 Å². The van der Waals surface area contributed by atoms with Gasteiger partial charge in [0.25, 0.3) is 0 Å². The molecule has 0 spiro atoms. The summed E-state index contributed by atoms with van der Waals surface area (Å²) >= 11 is 0. The number of aromatic hydroxyl groups is 1. The van der Waals surface area contributed by atoms with Crippen LogP contribution in [0.3, 0.4) is 0 Å². The first-order valence-corrected chi connectivity index (χ1v) is 13.6. The Morgan fingerprint density at radius 2 is 2.03 bits per heavy atom. The van der Waals surface area contributed by atoms with Crippen LogP contribution >= 0.6 is 0 Å². The monoisotopic (exact) mass is 476 g/mol. The first kappa shape index (κ1) is 25.8. The van der Waals surface area contributed by atoms with Crippen LogP contribution in [0.25, 0.3) is 0 Å². The highest BCUT2D eigenvalue weighted by atomic mass is 16.5. The van der Waals surface area contributed by atoms with Crippen molar-refractivity contribution in [3.63, 3.8) is 0 Å². The molecule has 190 valence electrons. The topological polar surface area (TPSA) is 45.6 Å². The minimum Gasteiger partial charge on any atom is -0.507 e. The first-order chi connectivity index (χ1) is 16.8. The Labute approximate surface area is 212 Å². The number of unbranched alkanes of at least 4 members (excludes halogenated alkanes) is 2. The predicted molar refractivity (Wildman–Crippen MR) is 144 cm³/mol. The number of phenols is 1. The summed E-state index contributed by atoms with van der Waals surface area (Å²) < 4.78 is 6.36. The average molecular weight is 477 g/mol. The minimum atomic E-state index is -0.177. The average Bonchev–Trinajstić information content (AvgIpc) is 3.25. The molecule has 4 nitrogen and oxygen atoms in total. The normalized spacial score (nSPS) is 24.9. The zero-order chi connectivity index (χ0) is 25.0. The number of pyridine rings is 1. The van der Waals surface area contributed by atoms with Gasteiger partial charge in [0.15, 0.2) is 0 Å². The van der Waals surface area contributed by atoms with E-state index in [0.29, 0.717) is 17.7 Å². The Bertz CT molecular complexity index is 1010. The van der Waals surface area contributed by atoms with Crippen LogP contribution in [0, 0.1) is 5.92 Å². The van der Waals surface area contributed by atoms with Gasteiger partial charge in [0, 0.05) is 35.8 Å². The second-order valence-electron chi connectivity index (χ2n) is 11.3. The molecule has 4 heteroatoms. The van der Waals surface area contributed by atoms with Crippen molar-refractivity contribution in [1.82, 2.24) is 9.88 Å². The van der Waals surface area contributed by atoms with Gasteiger partial charge in [0.05, 0.1) is 0 Å². The van der Waals surface area contributed by atoms with Crippen LogP contribution in [0.5, 0.6) is 11.5 Å². The van der Waals surface area contributed by atoms with E-state index in [-0.39, 0.29) is 11.5 Å². The largest absolute Gasteiger partial charge is 0.507 e. The smallest absolute Gasteiger partial charge is 0.127 e. The van der Waals surface area contributed by atoms with E-state index in [9.17, 15) is 5.11 Å². The summed E-state index contributed by atoms with van der Waals surface area (Å²) in [6, 6.07) is 8.92. The van der Waals surface area contributed by atoms with E-state index < -0.39 is 0 Å². The number of aryl methyl sites for hydroxylation is 1. The van der Waals surface area contributed by atoms with Crippen LogP contribution in [0.15, 0.2) is 48.3 Å². The van der Waals surface area contributed by atoms with Crippen LogP contribution in [0.2, 0.25) is 0 Å². The lowest BCUT2D eigenvalue weighted by Gasteiger charge is -2.46. The summed E-state index contributed by atoms with van der Waals surface area (Å²) in [4.78, 5) is 6.54. The van der Waals surface area contributed by atoms with Gasteiger partial charge in [-0.25, -0.2) is 0 Å².